The van der Waals surface area contributed by atoms with Gasteiger partial charge in [0.1, 0.15) is 71.3 Å². The van der Waals surface area contributed by atoms with E-state index in [1.807, 2.05) is 62.6 Å². The highest BCUT2D eigenvalue weighted by Crippen LogP contribution is 2.41. The molecule has 6 aliphatic rings. The highest BCUT2D eigenvalue weighted by atomic mass is 32.2. The summed E-state index contributed by atoms with van der Waals surface area (Å²) < 4.78 is 24.1. The molecule has 522 valence electrons. The van der Waals surface area contributed by atoms with Crippen LogP contribution in [0.2, 0.25) is 0 Å². The molecule has 0 spiro atoms. The summed E-state index contributed by atoms with van der Waals surface area (Å²) in [7, 11) is 0. The Balaban J connectivity index is 0.000000142. The first kappa shape index (κ1) is 74.2. The van der Waals surface area contributed by atoms with Gasteiger partial charge in [0.2, 0.25) is 5.91 Å². The van der Waals surface area contributed by atoms with Gasteiger partial charge in [-0.2, -0.15) is 33.6 Å². The number of nitrogens with zero attached hydrogens (tertiary/aromatic N) is 18. The molecule has 0 bridgehead atoms. The molecule has 0 aromatic carbocycles. The molecule has 14 heterocycles. The number of rotatable bonds is 0. The molecule has 25 nitrogen and oxygen atoms in total. The zero-order valence-corrected chi connectivity index (χ0v) is 62.5. The van der Waals surface area contributed by atoms with Crippen LogP contribution in [-0.4, -0.2) is 129 Å². The topological polar surface area (TPSA) is 280 Å². The summed E-state index contributed by atoms with van der Waals surface area (Å²) >= 11 is 3.90. The first-order valence-electron chi connectivity index (χ1n) is 33.8. The maximum Gasteiger partial charge on any atom is 0.345 e. The number of hydrogen-bond acceptors (Lipinski definition) is 18. The molecule has 1 amide bonds. The molecular formula is C68H109N21O4S2. The van der Waals surface area contributed by atoms with E-state index in [4.69, 9.17) is 9.47 Å². The molecule has 27 heteroatoms. The summed E-state index contributed by atoms with van der Waals surface area (Å²) in [6.45, 7) is 53.0. The van der Waals surface area contributed by atoms with Crippen molar-refractivity contribution in [1.82, 2.24) is 98.4 Å². The van der Waals surface area contributed by atoms with Crippen LogP contribution in [0.1, 0.15) is 253 Å². The quantitative estimate of drug-likeness (QED) is 0.127. The molecule has 6 aliphatic heterocycles. The standard InChI is InChI=1S/C11H19N3.C10H13N3O2.C10H17N3O.C10H17N3S.C9H15N3O.C9H15N3S.C9H13N3/c1-11(2,3)10-13-12-9-7-5-4-6-8-14(9)10;1-10(2,3)6-7-5(12-8(6)14)4-11-9(15)13-7;2*1-10(2,3)9-12-11-8-7-14-6-4-5-13(8)9;2*1-9(2,3)8-11-10-7-6-13-5-4-12(7)8;1-9(2,3)8-11-10-7-5-4-6-12(7)8/h4-8H2,1-3H3;4,6H,1-3H3,(H,12,14)(H,11,13,15);2*4-7H2,1-3H3;2*4-6H2,1-3H3;4-6,10H,1-3H3. The van der Waals surface area contributed by atoms with Crippen LogP contribution in [0, 0.1) is 5.41 Å². The molecular weight excluding hydrogens is 1240 g/mol. The van der Waals surface area contributed by atoms with E-state index in [0.29, 0.717) is 24.6 Å². The third kappa shape index (κ3) is 19.2. The Kier molecular flexibility index (Phi) is 23.8. The van der Waals surface area contributed by atoms with Crippen molar-refractivity contribution in [3.05, 3.63) is 105 Å². The highest BCUT2D eigenvalue weighted by molar-refractivity contribution is 7.98. The lowest BCUT2D eigenvalue weighted by molar-refractivity contribution is -0.119. The van der Waals surface area contributed by atoms with Gasteiger partial charge in [-0.25, -0.2) is 4.79 Å². The summed E-state index contributed by atoms with van der Waals surface area (Å²) in [4.78, 5) is 29.0. The molecule has 0 saturated heterocycles. The molecule has 3 N–H and O–H groups in total. The van der Waals surface area contributed by atoms with E-state index in [-0.39, 0.29) is 49.7 Å². The number of aromatic nitrogens is 20. The van der Waals surface area contributed by atoms with Gasteiger partial charge < -0.3 is 42.6 Å². The van der Waals surface area contributed by atoms with Crippen LogP contribution in [-0.2, 0) is 111 Å². The van der Waals surface area contributed by atoms with Crippen LogP contribution in [0.15, 0.2) is 29.3 Å². The van der Waals surface area contributed by atoms with Crippen LogP contribution >= 0.6 is 23.5 Å². The summed E-state index contributed by atoms with van der Waals surface area (Å²) in [5, 5.41) is 52.4. The minimum atomic E-state index is -0.417. The zero-order chi connectivity index (χ0) is 69.5. The van der Waals surface area contributed by atoms with Crippen molar-refractivity contribution in [3.63, 3.8) is 0 Å². The second kappa shape index (κ2) is 30.5. The number of hydrogen-bond donors (Lipinski definition) is 3. The number of amides is 1. The van der Waals surface area contributed by atoms with Gasteiger partial charge in [0.15, 0.2) is 11.6 Å². The van der Waals surface area contributed by atoms with Gasteiger partial charge in [0.05, 0.1) is 41.6 Å². The van der Waals surface area contributed by atoms with Gasteiger partial charge in [-0.1, -0.05) is 152 Å². The van der Waals surface area contributed by atoms with Crippen molar-refractivity contribution < 1.29 is 14.3 Å². The minimum absolute atomic E-state index is 0.0651. The van der Waals surface area contributed by atoms with Crippen LogP contribution < -0.4 is 11.0 Å². The molecule has 1 atom stereocenters. The molecule has 0 radical (unpaired) electrons. The first-order chi connectivity index (χ1) is 44.4. The van der Waals surface area contributed by atoms with E-state index in [9.17, 15) is 9.59 Å². The Labute approximate surface area is 570 Å². The number of carbonyl (C=O) groups excluding carboxylic acids is 1. The van der Waals surface area contributed by atoms with E-state index in [2.05, 4.69) is 228 Å². The van der Waals surface area contributed by atoms with Crippen LogP contribution in [0.3, 0.4) is 0 Å². The Hall–Kier alpha value is -6.58. The predicted molar refractivity (Wildman–Crippen MR) is 376 cm³/mol. The van der Waals surface area contributed by atoms with Crippen molar-refractivity contribution in [2.45, 2.75) is 280 Å². The minimum Gasteiger partial charge on any atom is -0.373 e. The van der Waals surface area contributed by atoms with Crippen LogP contribution in [0.5, 0.6) is 0 Å². The lowest BCUT2D eigenvalue weighted by Crippen LogP contribution is -2.26. The number of carbonyl (C=O) groups is 1. The summed E-state index contributed by atoms with van der Waals surface area (Å²) in [5.41, 5.74) is 2.25. The molecule has 95 heavy (non-hydrogen) atoms. The Morgan fingerprint density at radius 1 is 0.474 bits per heavy atom. The van der Waals surface area contributed by atoms with Gasteiger partial charge in [-0.3, -0.25) is 14.3 Å². The fourth-order valence-electron chi connectivity index (χ4n) is 11.8. The van der Waals surface area contributed by atoms with Gasteiger partial charge in [0, 0.05) is 90.2 Å². The average molecular weight is 1350 g/mol. The van der Waals surface area contributed by atoms with Crippen molar-refractivity contribution >= 4 is 40.8 Å². The number of fused-ring (bicyclic) bond motifs is 7. The molecule has 8 aromatic rings. The number of thioether (sulfide) groups is 2. The van der Waals surface area contributed by atoms with Crippen molar-refractivity contribution in [2.75, 3.05) is 30.0 Å². The Morgan fingerprint density at radius 2 is 0.926 bits per heavy atom. The zero-order valence-electron chi connectivity index (χ0n) is 60.8. The molecule has 8 aromatic heterocycles. The lowest BCUT2D eigenvalue weighted by Gasteiger charge is -2.24. The number of anilines is 1. The predicted octanol–water partition coefficient (Wildman–Crippen LogP) is 11.8. The molecule has 1 unspecified atom stereocenters. The van der Waals surface area contributed by atoms with Gasteiger partial charge in [0.25, 0.3) is 0 Å². The van der Waals surface area contributed by atoms with E-state index in [1.165, 1.54) is 49.2 Å². The second-order valence-corrected chi connectivity index (χ2v) is 34.5. The number of ether oxygens (including phenoxy) is 2. The molecule has 0 fully saturated rings. The smallest absolute Gasteiger partial charge is 0.345 e. The average Bonchev–Trinajstić information content (AvgIpc) is 1.71. The third-order valence-electron chi connectivity index (χ3n) is 16.4. The normalized spacial score (nSPS) is 17.2. The molecule has 0 aliphatic carbocycles. The first-order valence-corrected chi connectivity index (χ1v) is 36.1. The van der Waals surface area contributed by atoms with E-state index < -0.39 is 5.69 Å². The largest absolute Gasteiger partial charge is 0.373 e. The number of aryl methyl sites for hydroxylation is 1. The Bertz CT molecular complexity index is 3620. The summed E-state index contributed by atoms with van der Waals surface area (Å²) in [6, 6.07) is 4.03. The van der Waals surface area contributed by atoms with Crippen molar-refractivity contribution in [1.29, 1.82) is 0 Å². The number of H-pyrrole nitrogens is 2. The summed E-state index contributed by atoms with van der Waals surface area (Å²) in [5.74, 6) is 16.1. The van der Waals surface area contributed by atoms with Gasteiger partial charge in [-0.15, -0.1) is 51.0 Å². The SMILES string of the molecule is CC(C)(C)C1C(=O)Nc2cnc(=O)[nH]c21.CC(C)(C)c1n[nH]c2cccn12.CC(C)(C)c1nnc2n1CCCCC2.CC(C)(C)c1nnc2n1CCCOC2.CC(C)(C)c1nnc2n1CCCSC2.CC(C)(C)c1nnc2n1CCOC2.CC(C)(C)c1nnc2n1CCSC2. The van der Waals surface area contributed by atoms with Crippen LogP contribution in [0.25, 0.3) is 5.65 Å². The van der Waals surface area contributed by atoms with E-state index >= 15 is 0 Å². The van der Waals surface area contributed by atoms with Gasteiger partial charge >= 0.3 is 5.69 Å². The third-order valence-corrected chi connectivity index (χ3v) is 18.4. The maximum absolute atomic E-state index is 11.7. The Morgan fingerprint density at radius 3 is 1.46 bits per heavy atom. The summed E-state index contributed by atoms with van der Waals surface area (Å²) in [6.07, 6.45) is 10.7. The number of nitrogens with one attached hydrogen (secondary N) is 3. The van der Waals surface area contributed by atoms with E-state index in [0.717, 1.165) is 134 Å². The monoisotopic (exact) mass is 1350 g/mol. The molecule has 14 rings (SSSR count). The highest BCUT2D eigenvalue weighted by Gasteiger charge is 2.40. The van der Waals surface area contributed by atoms with Crippen molar-refractivity contribution in [2.24, 2.45) is 5.41 Å². The number of aromatic amines is 2. The van der Waals surface area contributed by atoms with Crippen molar-refractivity contribution in [3.8, 4) is 0 Å². The van der Waals surface area contributed by atoms with Crippen LogP contribution in [0.4, 0.5) is 5.69 Å². The van der Waals surface area contributed by atoms with E-state index in [1.54, 1.807) is 0 Å². The van der Waals surface area contributed by atoms with Gasteiger partial charge in [-0.05, 0) is 49.0 Å². The maximum atomic E-state index is 11.7. The molecule has 0 saturated carbocycles. The fraction of sp³-hybridized carbons (Fsp3) is 0.706. The second-order valence-electron chi connectivity index (χ2n) is 32.3. The lowest BCUT2D eigenvalue weighted by atomic mass is 9.79. The fourth-order valence-corrected chi connectivity index (χ4v) is 13.6.